The third-order valence-electron chi connectivity index (χ3n) is 2.45. The van der Waals surface area contributed by atoms with Gasteiger partial charge in [0.2, 0.25) is 0 Å². The molecule has 0 aliphatic heterocycles. The van der Waals surface area contributed by atoms with Gasteiger partial charge < -0.3 is 15.1 Å². The Hall–Kier alpha value is -2.59. The third kappa shape index (κ3) is 4.47. The molecule has 7 heteroatoms. The summed E-state index contributed by atoms with van der Waals surface area (Å²) in [6.07, 6.45) is 4.43. The predicted octanol–water partition coefficient (Wildman–Crippen LogP) is 2.57. The van der Waals surface area contributed by atoms with E-state index < -0.39 is 5.91 Å². The number of amides is 1. The number of rotatable bonds is 5. The molecule has 2 aromatic heterocycles. The van der Waals surface area contributed by atoms with Crippen LogP contribution in [0.5, 0.6) is 0 Å². The molecule has 2 aromatic rings. The van der Waals surface area contributed by atoms with E-state index in [4.69, 9.17) is 9.68 Å². The molecule has 0 aliphatic carbocycles. The molecule has 0 radical (unpaired) electrons. The number of carbonyl (C=O) groups is 1. The molecule has 2 N–H and O–H groups in total. The molecule has 0 atom stereocenters. The lowest BCUT2D eigenvalue weighted by atomic mass is 10.3. The van der Waals surface area contributed by atoms with Crippen LogP contribution in [0.25, 0.3) is 0 Å². The van der Waals surface area contributed by atoms with Gasteiger partial charge in [0.05, 0.1) is 12.8 Å². The molecule has 0 saturated carbocycles. The smallest absolute Gasteiger partial charge is 0.263 e. The van der Waals surface area contributed by atoms with Gasteiger partial charge in [0.25, 0.3) is 5.91 Å². The Morgan fingerprint density at radius 1 is 1.52 bits per heavy atom. The highest BCUT2D eigenvalue weighted by Crippen LogP contribution is 2.12. The minimum Gasteiger partial charge on any atom is -0.467 e. The fourth-order valence-corrected chi connectivity index (χ4v) is 1.79. The van der Waals surface area contributed by atoms with Crippen molar-refractivity contribution in [3.05, 3.63) is 58.7 Å². The molecular formula is C14H11BrN4O2. The molecule has 2 heterocycles. The van der Waals surface area contributed by atoms with E-state index in [1.807, 2.05) is 6.07 Å². The van der Waals surface area contributed by atoms with Crippen LogP contribution in [0.1, 0.15) is 5.76 Å². The molecule has 0 saturated heterocycles. The fourth-order valence-electron chi connectivity index (χ4n) is 1.45. The molecule has 0 aliphatic rings. The van der Waals surface area contributed by atoms with Crippen LogP contribution in [0.4, 0.5) is 5.82 Å². The Labute approximate surface area is 129 Å². The van der Waals surface area contributed by atoms with Crippen molar-refractivity contribution < 1.29 is 9.21 Å². The number of nitrogens with one attached hydrogen (secondary N) is 2. The summed E-state index contributed by atoms with van der Waals surface area (Å²) >= 11 is 3.31. The molecule has 0 bridgehead atoms. The highest BCUT2D eigenvalue weighted by atomic mass is 79.9. The summed E-state index contributed by atoms with van der Waals surface area (Å²) in [7, 11) is 0. The third-order valence-corrected chi connectivity index (χ3v) is 2.95. The zero-order valence-electron chi connectivity index (χ0n) is 10.8. The molecule has 0 unspecified atom stereocenters. The lowest BCUT2D eigenvalue weighted by Gasteiger charge is -2.03. The lowest BCUT2D eigenvalue weighted by Crippen LogP contribution is -2.24. The van der Waals surface area contributed by atoms with Crippen molar-refractivity contribution in [2.45, 2.75) is 6.54 Å². The molecule has 0 fully saturated rings. The summed E-state index contributed by atoms with van der Waals surface area (Å²) < 4.78 is 5.93. The molecule has 106 valence electrons. The maximum Gasteiger partial charge on any atom is 0.263 e. The Balaban J connectivity index is 1.96. The van der Waals surface area contributed by atoms with Gasteiger partial charge in [-0.15, -0.1) is 0 Å². The van der Waals surface area contributed by atoms with Gasteiger partial charge in [0.1, 0.15) is 23.2 Å². The van der Waals surface area contributed by atoms with E-state index in [2.05, 4.69) is 31.5 Å². The standard InChI is InChI=1S/C14H11BrN4O2/c15-11-3-4-17-13(6-11)18-8-10(7-16)14(20)19-9-12-2-1-5-21-12/h1-6,8H,9H2,(H,17,18)(H,19,20)/b10-8-. The van der Waals surface area contributed by atoms with Crippen LogP contribution >= 0.6 is 15.9 Å². The maximum atomic E-state index is 11.8. The van der Waals surface area contributed by atoms with E-state index in [1.54, 1.807) is 30.5 Å². The van der Waals surface area contributed by atoms with Crippen LogP contribution in [-0.2, 0) is 11.3 Å². The Morgan fingerprint density at radius 2 is 2.38 bits per heavy atom. The number of nitrogens with zero attached hydrogens (tertiary/aromatic N) is 2. The summed E-state index contributed by atoms with van der Waals surface area (Å²) in [4.78, 5) is 15.9. The number of nitriles is 1. The maximum absolute atomic E-state index is 11.8. The van der Waals surface area contributed by atoms with Crippen LogP contribution in [0.15, 0.2) is 57.4 Å². The number of aromatic nitrogens is 1. The number of hydrogen-bond donors (Lipinski definition) is 2. The van der Waals surface area contributed by atoms with Gasteiger partial charge in [0, 0.05) is 16.9 Å². The van der Waals surface area contributed by atoms with Crippen LogP contribution in [0, 0.1) is 11.3 Å². The molecule has 21 heavy (non-hydrogen) atoms. The number of halogens is 1. The topological polar surface area (TPSA) is 91.0 Å². The van der Waals surface area contributed by atoms with Gasteiger partial charge in [-0.1, -0.05) is 15.9 Å². The van der Waals surface area contributed by atoms with Crippen molar-refractivity contribution in [3.63, 3.8) is 0 Å². The summed E-state index contributed by atoms with van der Waals surface area (Å²) in [5.41, 5.74) is -0.0525. The summed E-state index contributed by atoms with van der Waals surface area (Å²) in [5, 5.41) is 14.4. The first-order valence-corrected chi connectivity index (χ1v) is 6.77. The molecule has 2 rings (SSSR count). The molecule has 0 spiro atoms. The first-order valence-electron chi connectivity index (χ1n) is 5.98. The second kappa shape index (κ2) is 7.26. The summed E-state index contributed by atoms with van der Waals surface area (Å²) in [5.74, 6) is 0.648. The Bertz CT molecular complexity index is 689. The van der Waals surface area contributed by atoms with Crippen molar-refractivity contribution >= 4 is 27.7 Å². The zero-order valence-corrected chi connectivity index (χ0v) is 12.4. The van der Waals surface area contributed by atoms with Crippen molar-refractivity contribution in [2.24, 2.45) is 0 Å². The number of hydrogen-bond acceptors (Lipinski definition) is 5. The summed E-state index contributed by atoms with van der Waals surface area (Å²) in [6, 6.07) is 8.80. The highest BCUT2D eigenvalue weighted by molar-refractivity contribution is 9.10. The van der Waals surface area contributed by atoms with Gasteiger partial charge in [0.15, 0.2) is 0 Å². The number of pyridine rings is 1. The van der Waals surface area contributed by atoms with Crippen molar-refractivity contribution in [3.8, 4) is 6.07 Å². The quantitative estimate of drug-likeness (QED) is 0.641. The lowest BCUT2D eigenvalue weighted by molar-refractivity contribution is -0.117. The van der Waals surface area contributed by atoms with Crippen molar-refractivity contribution in [2.75, 3.05) is 5.32 Å². The van der Waals surface area contributed by atoms with Gasteiger partial charge in [-0.3, -0.25) is 4.79 Å². The van der Waals surface area contributed by atoms with E-state index in [0.717, 1.165) is 4.47 Å². The number of furan rings is 1. The van der Waals surface area contributed by atoms with E-state index in [0.29, 0.717) is 11.6 Å². The fraction of sp³-hybridized carbons (Fsp3) is 0.0714. The number of carbonyl (C=O) groups excluding carboxylic acids is 1. The van der Waals surface area contributed by atoms with E-state index in [-0.39, 0.29) is 12.1 Å². The van der Waals surface area contributed by atoms with E-state index in [1.165, 1.54) is 12.5 Å². The Morgan fingerprint density at radius 3 is 3.05 bits per heavy atom. The first-order chi connectivity index (χ1) is 10.2. The molecular weight excluding hydrogens is 336 g/mol. The zero-order chi connectivity index (χ0) is 15.1. The molecule has 6 nitrogen and oxygen atoms in total. The highest BCUT2D eigenvalue weighted by Gasteiger charge is 2.09. The summed E-state index contributed by atoms with van der Waals surface area (Å²) in [6.45, 7) is 0.222. The predicted molar refractivity (Wildman–Crippen MR) is 79.8 cm³/mol. The largest absolute Gasteiger partial charge is 0.467 e. The van der Waals surface area contributed by atoms with Gasteiger partial charge in [-0.25, -0.2) is 4.98 Å². The van der Waals surface area contributed by atoms with Crippen molar-refractivity contribution in [1.29, 1.82) is 5.26 Å². The second-order valence-electron chi connectivity index (χ2n) is 3.94. The van der Waals surface area contributed by atoms with E-state index >= 15 is 0 Å². The van der Waals surface area contributed by atoms with Crippen molar-refractivity contribution in [1.82, 2.24) is 10.3 Å². The average Bonchev–Trinajstić information content (AvgIpc) is 2.99. The number of anilines is 1. The molecule has 1 amide bonds. The minimum absolute atomic E-state index is 0.0525. The molecule has 0 aromatic carbocycles. The van der Waals surface area contributed by atoms with E-state index in [9.17, 15) is 4.79 Å². The van der Waals surface area contributed by atoms with Gasteiger partial charge in [-0.05, 0) is 24.3 Å². The first kappa shape index (κ1) is 14.8. The van der Waals surface area contributed by atoms with Crippen LogP contribution in [0.2, 0.25) is 0 Å². The normalized spacial score (nSPS) is 10.8. The average molecular weight is 347 g/mol. The Kier molecular flexibility index (Phi) is 5.12. The second-order valence-corrected chi connectivity index (χ2v) is 4.85. The van der Waals surface area contributed by atoms with Crippen LogP contribution < -0.4 is 10.6 Å². The van der Waals surface area contributed by atoms with Gasteiger partial charge in [-0.2, -0.15) is 5.26 Å². The minimum atomic E-state index is -0.489. The van der Waals surface area contributed by atoms with Gasteiger partial charge >= 0.3 is 0 Å². The van der Waals surface area contributed by atoms with Crippen LogP contribution in [-0.4, -0.2) is 10.9 Å². The monoisotopic (exact) mass is 346 g/mol. The SMILES string of the molecule is N#C/C(=C/Nc1cc(Br)ccn1)C(=O)NCc1ccco1. The van der Waals surface area contributed by atoms with Crippen LogP contribution in [0.3, 0.4) is 0 Å².